The first kappa shape index (κ1) is 11.9. The number of carbonyl (C=O) groups excluding carboxylic acids is 1. The summed E-state index contributed by atoms with van der Waals surface area (Å²) in [5.74, 6) is -0.241. The Morgan fingerprint density at radius 3 is 3.00 bits per heavy atom. The van der Waals surface area contributed by atoms with E-state index in [0.717, 1.165) is 5.01 Å². The molecule has 1 aromatic rings. The third-order valence-corrected chi connectivity index (χ3v) is 2.97. The van der Waals surface area contributed by atoms with Crippen LogP contribution in [-0.4, -0.2) is 17.6 Å². The molecule has 0 saturated heterocycles. The van der Waals surface area contributed by atoms with Crippen LogP contribution in [0.4, 0.5) is 0 Å². The van der Waals surface area contributed by atoms with E-state index in [1.165, 1.54) is 11.3 Å². The summed E-state index contributed by atoms with van der Waals surface area (Å²) in [6, 6.07) is 0. The first-order valence-corrected chi connectivity index (χ1v) is 5.69. The molecule has 0 radical (unpaired) electrons. The van der Waals surface area contributed by atoms with Crippen LogP contribution in [0.3, 0.4) is 0 Å². The Labute approximate surface area is 93.8 Å². The number of aromatic nitrogens is 1. The Kier molecular flexibility index (Phi) is 4.03. The highest BCUT2D eigenvalue weighted by atomic mass is 32.1. The van der Waals surface area contributed by atoms with E-state index >= 15 is 0 Å². The lowest BCUT2D eigenvalue weighted by Crippen LogP contribution is -2.30. The monoisotopic (exact) mass is 225 g/mol. The van der Waals surface area contributed by atoms with Crippen molar-refractivity contribution in [1.29, 1.82) is 0 Å². The van der Waals surface area contributed by atoms with Crippen molar-refractivity contribution in [2.45, 2.75) is 20.3 Å². The van der Waals surface area contributed by atoms with E-state index in [1.807, 2.05) is 12.3 Å². The van der Waals surface area contributed by atoms with Crippen molar-refractivity contribution in [3.8, 4) is 0 Å². The third-order valence-electron chi connectivity index (χ3n) is 2.19. The molecule has 3 nitrogen and oxygen atoms in total. The molecular formula is C11H15NO2S. The van der Waals surface area contributed by atoms with E-state index in [9.17, 15) is 4.79 Å². The molecule has 0 aliphatic rings. The van der Waals surface area contributed by atoms with Crippen LogP contribution < -0.4 is 0 Å². The van der Waals surface area contributed by atoms with E-state index in [2.05, 4.69) is 11.6 Å². The number of rotatable bonds is 5. The molecule has 0 amide bonds. The molecule has 0 saturated carbocycles. The van der Waals surface area contributed by atoms with Gasteiger partial charge in [0.25, 0.3) is 0 Å². The summed E-state index contributed by atoms with van der Waals surface area (Å²) in [6.45, 7) is 7.70. The Morgan fingerprint density at radius 1 is 1.80 bits per heavy atom. The zero-order chi connectivity index (χ0) is 11.3. The molecule has 0 fully saturated rings. The molecule has 0 bridgehead atoms. The number of ether oxygens (including phenoxy) is 1. The third kappa shape index (κ3) is 2.89. The SMILES string of the molecule is C=CC(C)(Cc1nccs1)C(=O)OCC. The Balaban J connectivity index is 2.76. The van der Waals surface area contributed by atoms with Gasteiger partial charge in [0.1, 0.15) is 0 Å². The first-order valence-electron chi connectivity index (χ1n) is 4.81. The molecular weight excluding hydrogens is 210 g/mol. The molecule has 4 heteroatoms. The van der Waals surface area contributed by atoms with Crippen molar-refractivity contribution in [2.24, 2.45) is 5.41 Å². The van der Waals surface area contributed by atoms with Gasteiger partial charge in [-0.25, -0.2) is 4.98 Å². The van der Waals surface area contributed by atoms with Crippen LogP contribution in [0, 0.1) is 5.41 Å². The molecule has 82 valence electrons. The number of nitrogens with zero attached hydrogens (tertiary/aromatic N) is 1. The largest absolute Gasteiger partial charge is 0.465 e. The lowest BCUT2D eigenvalue weighted by molar-refractivity contribution is -0.151. The van der Waals surface area contributed by atoms with Gasteiger partial charge in [0.2, 0.25) is 0 Å². The Morgan fingerprint density at radius 2 is 2.53 bits per heavy atom. The second kappa shape index (κ2) is 5.07. The highest BCUT2D eigenvalue weighted by Gasteiger charge is 2.32. The lowest BCUT2D eigenvalue weighted by Gasteiger charge is -2.21. The molecule has 1 unspecified atom stereocenters. The predicted octanol–water partition coefficient (Wildman–Crippen LogP) is 2.44. The lowest BCUT2D eigenvalue weighted by atomic mass is 9.87. The standard InChI is InChI=1S/C11H15NO2S/c1-4-11(3,10(13)14-5-2)8-9-12-6-7-15-9/h4,6-7H,1,5,8H2,2-3H3. The summed E-state index contributed by atoms with van der Waals surface area (Å²) < 4.78 is 5.01. The fourth-order valence-electron chi connectivity index (χ4n) is 1.18. The highest BCUT2D eigenvalue weighted by Crippen LogP contribution is 2.26. The van der Waals surface area contributed by atoms with E-state index < -0.39 is 5.41 Å². The smallest absolute Gasteiger partial charge is 0.316 e. The van der Waals surface area contributed by atoms with Crippen LogP contribution >= 0.6 is 11.3 Å². The van der Waals surface area contributed by atoms with Gasteiger partial charge in [0.05, 0.1) is 17.0 Å². The fraction of sp³-hybridized carbons (Fsp3) is 0.455. The van der Waals surface area contributed by atoms with Crippen LogP contribution in [-0.2, 0) is 16.0 Å². The van der Waals surface area contributed by atoms with Gasteiger partial charge in [0.15, 0.2) is 0 Å². The summed E-state index contributed by atoms with van der Waals surface area (Å²) in [7, 11) is 0. The molecule has 0 N–H and O–H groups in total. The summed E-state index contributed by atoms with van der Waals surface area (Å²) >= 11 is 1.53. The molecule has 1 heterocycles. The van der Waals surface area contributed by atoms with E-state index in [-0.39, 0.29) is 5.97 Å². The van der Waals surface area contributed by atoms with Gasteiger partial charge >= 0.3 is 5.97 Å². The zero-order valence-electron chi connectivity index (χ0n) is 9.03. The van der Waals surface area contributed by atoms with E-state index in [0.29, 0.717) is 13.0 Å². The zero-order valence-corrected chi connectivity index (χ0v) is 9.84. The topological polar surface area (TPSA) is 39.2 Å². The van der Waals surface area contributed by atoms with Crippen LogP contribution in [0.25, 0.3) is 0 Å². The minimum atomic E-state index is -0.673. The van der Waals surface area contributed by atoms with Crippen molar-refractivity contribution >= 4 is 17.3 Å². The number of esters is 1. The maximum absolute atomic E-state index is 11.7. The summed E-state index contributed by atoms with van der Waals surface area (Å²) in [5.41, 5.74) is -0.673. The molecule has 1 atom stereocenters. The van der Waals surface area contributed by atoms with Gasteiger partial charge in [-0.1, -0.05) is 6.08 Å². The Bertz CT molecular complexity index is 334. The summed E-state index contributed by atoms with van der Waals surface area (Å²) in [6.07, 6.45) is 3.91. The predicted molar refractivity (Wildman–Crippen MR) is 60.8 cm³/mol. The molecule has 0 aliphatic carbocycles. The second-order valence-corrected chi connectivity index (χ2v) is 4.42. The molecule has 0 aliphatic heterocycles. The van der Waals surface area contributed by atoms with Gasteiger partial charge in [-0.2, -0.15) is 0 Å². The van der Waals surface area contributed by atoms with Crippen LogP contribution in [0.5, 0.6) is 0 Å². The number of hydrogen-bond donors (Lipinski definition) is 0. The van der Waals surface area contributed by atoms with Crippen molar-refractivity contribution in [3.05, 3.63) is 29.2 Å². The number of hydrogen-bond acceptors (Lipinski definition) is 4. The first-order chi connectivity index (χ1) is 7.12. The molecule has 0 spiro atoms. The van der Waals surface area contributed by atoms with Gasteiger partial charge in [-0.3, -0.25) is 4.79 Å². The van der Waals surface area contributed by atoms with Gasteiger partial charge in [-0.15, -0.1) is 17.9 Å². The average Bonchev–Trinajstić information content (AvgIpc) is 2.70. The van der Waals surface area contributed by atoms with Crippen LogP contribution in [0.2, 0.25) is 0 Å². The molecule has 1 aromatic heterocycles. The minimum Gasteiger partial charge on any atom is -0.465 e. The van der Waals surface area contributed by atoms with Crippen LogP contribution in [0.1, 0.15) is 18.9 Å². The quantitative estimate of drug-likeness (QED) is 0.570. The average molecular weight is 225 g/mol. The van der Waals surface area contributed by atoms with Crippen molar-refractivity contribution in [2.75, 3.05) is 6.61 Å². The second-order valence-electron chi connectivity index (χ2n) is 3.44. The molecule has 0 aromatic carbocycles. The Hall–Kier alpha value is -1.16. The number of thiazole rings is 1. The fourth-order valence-corrected chi connectivity index (χ4v) is 1.96. The summed E-state index contributed by atoms with van der Waals surface area (Å²) in [5, 5.41) is 2.81. The van der Waals surface area contributed by atoms with E-state index in [1.54, 1.807) is 19.2 Å². The van der Waals surface area contributed by atoms with Gasteiger partial charge in [0, 0.05) is 18.0 Å². The van der Waals surface area contributed by atoms with Gasteiger partial charge < -0.3 is 4.74 Å². The molecule has 15 heavy (non-hydrogen) atoms. The summed E-state index contributed by atoms with van der Waals surface area (Å²) in [4.78, 5) is 15.9. The van der Waals surface area contributed by atoms with Gasteiger partial charge in [-0.05, 0) is 13.8 Å². The van der Waals surface area contributed by atoms with Crippen molar-refractivity contribution in [1.82, 2.24) is 4.98 Å². The normalized spacial score (nSPS) is 14.3. The van der Waals surface area contributed by atoms with Crippen molar-refractivity contribution in [3.63, 3.8) is 0 Å². The maximum Gasteiger partial charge on any atom is 0.316 e. The maximum atomic E-state index is 11.7. The molecule has 1 rings (SSSR count). The van der Waals surface area contributed by atoms with E-state index in [4.69, 9.17) is 4.74 Å². The highest BCUT2D eigenvalue weighted by molar-refractivity contribution is 7.09. The minimum absolute atomic E-state index is 0.241. The van der Waals surface area contributed by atoms with Crippen LogP contribution in [0.15, 0.2) is 24.2 Å². The number of carbonyl (C=O) groups is 1. The van der Waals surface area contributed by atoms with Crippen molar-refractivity contribution < 1.29 is 9.53 Å².